The highest BCUT2D eigenvalue weighted by atomic mass is 35.5. The number of rotatable bonds is 8. The van der Waals surface area contributed by atoms with E-state index in [4.69, 9.17) is 21.1 Å². The SMILES string of the molecule is C=CCOc1ccc(C2C(=C(O)c3ccc(Cl)cc3)C(=O)C(=O)N2c2nc3ccc(C)cc3s2)cc1OCC. The van der Waals surface area contributed by atoms with Gasteiger partial charge in [0.15, 0.2) is 16.6 Å². The maximum absolute atomic E-state index is 13.6. The summed E-state index contributed by atoms with van der Waals surface area (Å²) in [5.74, 6) is -0.969. The number of aromatic nitrogens is 1. The van der Waals surface area contributed by atoms with Crippen LogP contribution in [0.4, 0.5) is 5.13 Å². The molecule has 1 aromatic heterocycles. The molecular weight excluding hydrogens is 536 g/mol. The number of ketones is 1. The van der Waals surface area contributed by atoms with Gasteiger partial charge in [0, 0.05) is 10.6 Å². The fourth-order valence-corrected chi connectivity index (χ4v) is 5.68. The number of hydrogen-bond donors (Lipinski definition) is 1. The van der Waals surface area contributed by atoms with Crippen LogP contribution in [0.3, 0.4) is 0 Å². The summed E-state index contributed by atoms with van der Waals surface area (Å²) >= 11 is 7.34. The third-order valence-corrected chi connectivity index (χ3v) is 7.51. The number of hydrogen-bond acceptors (Lipinski definition) is 7. The molecule has 0 saturated carbocycles. The lowest BCUT2D eigenvalue weighted by Gasteiger charge is -2.24. The molecule has 3 aromatic carbocycles. The minimum Gasteiger partial charge on any atom is -0.507 e. The molecule has 198 valence electrons. The van der Waals surface area contributed by atoms with Gasteiger partial charge in [-0.05, 0) is 73.5 Å². The van der Waals surface area contributed by atoms with Crippen molar-refractivity contribution in [2.75, 3.05) is 18.1 Å². The van der Waals surface area contributed by atoms with Crippen molar-refractivity contribution in [2.45, 2.75) is 19.9 Å². The molecule has 0 aliphatic carbocycles. The number of nitrogens with zero attached hydrogens (tertiary/aromatic N) is 2. The third-order valence-electron chi connectivity index (χ3n) is 6.24. The van der Waals surface area contributed by atoms with E-state index in [1.54, 1.807) is 48.5 Å². The van der Waals surface area contributed by atoms with Crippen molar-refractivity contribution >= 4 is 55.7 Å². The van der Waals surface area contributed by atoms with Crippen LogP contribution in [0, 0.1) is 6.92 Å². The maximum atomic E-state index is 13.6. The number of halogens is 1. The highest BCUT2D eigenvalue weighted by Crippen LogP contribution is 2.46. The molecule has 0 radical (unpaired) electrons. The zero-order valence-corrected chi connectivity index (χ0v) is 22.9. The van der Waals surface area contributed by atoms with E-state index in [1.165, 1.54) is 16.2 Å². The lowest BCUT2D eigenvalue weighted by Crippen LogP contribution is -2.29. The topological polar surface area (TPSA) is 89.0 Å². The molecular formula is C30H25ClN2O5S. The Labute approximate surface area is 234 Å². The number of aliphatic hydroxyl groups excluding tert-OH is 1. The van der Waals surface area contributed by atoms with Crippen LogP contribution in [0.5, 0.6) is 11.5 Å². The molecule has 2 heterocycles. The summed E-state index contributed by atoms with van der Waals surface area (Å²) in [6.07, 6.45) is 1.62. The number of anilines is 1. The second-order valence-electron chi connectivity index (χ2n) is 8.88. The Hall–Kier alpha value is -4.14. The summed E-state index contributed by atoms with van der Waals surface area (Å²) in [7, 11) is 0. The molecule has 1 amide bonds. The van der Waals surface area contributed by atoms with Gasteiger partial charge in [0.05, 0.1) is 28.4 Å². The van der Waals surface area contributed by atoms with Gasteiger partial charge >= 0.3 is 5.91 Å². The average molecular weight is 561 g/mol. The van der Waals surface area contributed by atoms with Crippen LogP contribution in [0.1, 0.15) is 29.7 Å². The van der Waals surface area contributed by atoms with Gasteiger partial charge < -0.3 is 14.6 Å². The molecule has 4 aromatic rings. The van der Waals surface area contributed by atoms with Gasteiger partial charge in [-0.2, -0.15) is 0 Å². The summed E-state index contributed by atoms with van der Waals surface area (Å²) in [4.78, 5) is 33.1. The van der Waals surface area contributed by atoms with E-state index in [1.807, 2.05) is 32.0 Å². The summed E-state index contributed by atoms with van der Waals surface area (Å²) in [5.41, 5.74) is 2.62. The molecule has 1 aliphatic heterocycles. The highest BCUT2D eigenvalue weighted by molar-refractivity contribution is 7.22. The number of fused-ring (bicyclic) bond motifs is 1. The van der Waals surface area contributed by atoms with Crippen molar-refractivity contribution < 1.29 is 24.2 Å². The normalized spacial score (nSPS) is 16.6. The first kappa shape index (κ1) is 26.5. The number of carbonyl (C=O) groups is 2. The van der Waals surface area contributed by atoms with Crippen LogP contribution < -0.4 is 14.4 Å². The smallest absolute Gasteiger partial charge is 0.301 e. The van der Waals surface area contributed by atoms with Crippen LogP contribution >= 0.6 is 22.9 Å². The molecule has 0 spiro atoms. The number of amides is 1. The van der Waals surface area contributed by atoms with E-state index in [0.29, 0.717) is 44.9 Å². The summed E-state index contributed by atoms with van der Waals surface area (Å²) in [6.45, 7) is 8.15. The minimum atomic E-state index is -0.963. The van der Waals surface area contributed by atoms with E-state index in [9.17, 15) is 14.7 Å². The van der Waals surface area contributed by atoms with Crippen LogP contribution in [-0.2, 0) is 9.59 Å². The zero-order valence-electron chi connectivity index (χ0n) is 21.3. The number of benzene rings is 3. The van der Waals surface area contributed by atoms with Gasteiger partial charge in [-0.3, -0.25) is 14.5 Å². The van der Waals surface area contributed by atoms with Crippen molar-refractivity contribution in [3.05, 3.63) is 101 Å². The first-order chi connectivity index (χ1) is 18.8. The van der Waals surface area contributed by atoms with Crippen molar-refractivity contribution in [1.82, 2.24) is 4.98 Å². The fraction of sp³-hybridized carbons (Fsp3) is 0.167. The van der Waals surface area contributed by atoms with Gasteiger partial charge in [0.1, 0.15) is 12.4 Å². The Balaban J connectivity index is 1.72. The average Bonchev–Trinajstić information content (AvgIpc) is 3.45. The molecule has 1 aliphatic rings. The summed E-state index contributed by atoms with van der Waals surface area (Å²) < 4.78 is 12.5. The quantitative estimate of drug-likeness (QED) is 0.110. The number of ether oxygens (including phenoxy) is 2. The predicted molar refractivity (Wildman–Crippen MR) is 154 cm³/mol. The Morgan fingerprint density at radius 2 is 1.87 bits per heavy atom. The van der Waals surface area contributed by atoms with E-state index >= 15 is 0 Å². The van der Waals surface area contributed by atoms with E-state index < -0.39 is 17.7 Å². The second kappa shape index (κ2) is 10.9. The first-order valence-electron chi connectivity index (χ1n) is 12.3. The molecule has 1 N–H and O–H groups in total. The van der Waals surface area contributed by atoms with Crippen molar-refractivity contribution in [3.63, 3.8) is 0 Å². The van der Waals surface area contributed by atoms with Crippen LogP contribution in [0.15, 0.2) is 78.9 Å². The summed E-state index contributed by atoms with van der Waals surface area (Å²) in [6, 6.07) is 16.4. The third kappa shape index (κ3) is 5.01. The van der Waals surface area contributed by atoms with Crippen molar-refractivity contribution in [3.8, 4) is 11.5 Å². The standard InChI is InChI=1S/C30H25ClN2O5S/c1-4-14-38-22-13-9-19(16-23(22)37-5-2)26-25(27(34)18-7-10-20(31)11-8-18)28(35)29(36)33(26)30-32-21-12-6-17(3)15-24(21)39-30/h4,6-13,15-16,26,34H,1,5,14H2,2-3H3. The first-order valence-corrected chi connectivity index (χ1v) is 13.5. The van der Waals surface area contributed by atoms with Crippen LogP contribution in [0.2, 0.25) is 5.02 Å². The Morgan fingerprint density at radius 3 is 2.59 bits per heavy atom. The van der Waals surface area contributed by atoms with Gasteiger partial charge in [0.2, 0.25) is 0 Å². The Kier molecular flexibility index (Phi) is 7.41. The van der Waals surface area contributed by atoms with Crippen molar-refractivity contribution in [2.24, 2.45) is 0 Å². The summed E-state index contributed by atoms with van der Waals surface area (Å²) in [5, 5.41) is 12.2. The molecule has 1 atom stereocenters. The number of Topliss-reactive ketones (excluding diaryl/α,β-unsaturated/α-hetero) is 1. The van der Waals surface area contributed by atoms with E-state index in [2.05, 4.69) is 11.6 Å². The molecule has 1 unspecified atom stereocenters. The van der Waals surface area contributed by atoms with Crippen LogP contribution in [0.25, 0.3) is 16.0 Å². The van der Waals surface area contributed by atoms with Gasteiger partial charge in [-0.15, -0.1) is 0 Å². The minimum absolute atomic E-state index is 0.0556. The highest BCUT2D eigenvalue weighted by Gasteiger charge is 2.48. The lowest BCUT2D eigenvalue weighted by molar-refractivity contribution is -0.132. The zero-order chi connectivity index (χ0) is 27.7. The van der Waals surface area contributed by atoms with Crippen molar-refractivity contribution in [1.29, 1.82) is 0 Å². The maximum Gasteiger partial charge on any atom is 0.301 e. The molecule has 0 bridgehead atoms. The molecule has 5 rings (SSSR count). The molecule has 1 saturated heterocycles. The largest absolute Gasteiger partial charge is 0.507 e. The molecule has 9 heteroatoms. The second-order valence-corrected chi connectivity index (χ2v) is 10.3. The van der Waals surface area contributed by atoms with E-state index in [-0.39, 0.29) is 17.9 Å². The molecule has 39 heavy (non-hydrogen) atoms. The number of aryl methyl sites for hydroxylation is 1. The molecule has 1 fully saturated rings. The van der Waals surface area contributed by atoms with Gasteiger partial charge in [-0.1, -0.05) is 47.7 Å². The number of carbonyl (C=O) groups excluding carboxylic acids is 2. The number of aliphatic hydroxyl groups is 1. The Bertz CT molecular complexity index is 1630. The molecule has 7 nitrogen and oxygen atoms in total. The van der Waals surface area contributed by atoms with Crippen LogP contribution in [-0.4, -0.2) is 35.0 Å². The fourth-order valence-electron chi connectivity index (χ4n) is 4.46. The lowest BCUT2D eigenvalue weighted by atomic mass is 9.95. The monoisotopic (exact) mass is 560 g/mol. The number of thiazole rings is 1. The van der Waals surface area contributed by atoms with Gasteiger partial charge in [-0.25, -0.2) is 4.98 Å². The predicted octanol–water partition coefficient (Wildman–Crippen LogP) is 6.85. The van der Waals surface area contributed by atoms with Gasteiger partial charge in [0.25, 0.3) is 5.78 Å². The Morgan fingerprint density at radius 1 is 1.10 bits per heavy atom. The van der Waals surface area contributed by atoms with E-state index in [0.717, 1.165) is 10.3 Å².